The number of ketones is 2. The molecule has 3 aromatic rings. The topological polar surface area (TPSA) is 130 Å². The van der Waals surface area contributed by atoms with E-state index in [2.05, 4.69) is 0 Å². The highest BCUT2D eigenvalue weighted by molar-refractivity contribution is 6.27. The zero-order valence-corrected chi connectivity index (χ0v) is 23.6. The number of hydrogen-bond donors (Lipinski definition) is 2. The van der Waals surface area contributed by atoms with Crippen molar-refractivity contribution in [3.8, 4) is 5.75 Å². The van der Waals surface area contributed by atoms with E-state index in [0.29, 0.717) is 28.2 Å². The third kappa shape index (κ3) is 5.16. The fourth-order valence-electron chi connectivity index (χ4n) is 5.97. The molecule has 3 aromatic carbocycles. The maximum absolute atomic E-state index is 14.1. The molecule has 0 amide bonds. The molecule has 42 heavy (non-hydrogen) atoms. The van der Waals surface area contributed by atoms with Crippen molar-refractivity contribution in [2.24, 2.45) is 10.9 Å². The van der Waals surface area contributed by atoms with Crippen LogP contribution in [0.5, 0.6) is 5.75 Å². The fraction of sp³-hybridized carbons (Fsp3) is 0.265. The third-order valence-electron chi connectivity index (χ3n) is 8.00. The number of carboxylic acids is 2. The number of carbonyl (C=O) groups excluding carboxylic acids is 2. The highest BCUT2D eigenvalue weighted by Crippen LogP contribution is 2.43. The van der Waals surface area contributed by atoms with E-state index < -0.39 is 41.8 Å². The number of ether oxygens (including phenoxy) is 1. The zero-order valence-electron chi connectivity index (χ0n) is 23.6. The van der Waals surface area contributed by atoms with Crippen LogP contribution < -0.4 is 4.74 Å². The zero-order chi connectivity index (χ0) is 30.1. The first kappa shape index (κ1) is 28.7. The molecular formula is C34H31NO7. The largest absolute Gasteiger partial charge is 0.496 e. The summed E-state index contributed by atoms with van der Waals surface area (Å²) >= 11 is 0. The number of para-hydroxylation sites is 1. The van der Waals surface area contributed by atoms with Crippen LogP contribution in [0.4, 0.5) is 0 Å². The maximum Gasteiger partial charge on any atom is 0.336 e. The minimum atomic E-state index is -1.47. The minimum absolute atomic E-state index is 0.0527. The molecule has 0 saturated carbocycles. The summed E-state index contributed by atoms with van der Waals surface area (Å²) in [6, 6.07) is 16.5. The highest BCUT2D eigenvalue weighted by Gasteiger charge is 2.45. The van der Waals surface area contributed by atoms with Gasteiger partial charge in [-0.25, -0.2) is 4.79 Å². The van der Waals surface area contributed by atoms with E-state index in [-0.39, 0.29) is 35.6 Å². The molecule has 1 aliphatic carbocycles. The number of fused-ring (bicyclic) bond motifs is 2. The number of hydrogen-bond acceptors (Lipinski definition) is 6. The first-order chi connectivity index (χ1) is 20.1. The van der Waals surface area contributed by atoms with E-state index in [9.17, 15) is 29.4 Å². The molecule has 2 unspecified atom stereocenters. The van der Waals surface area contributed by atoms with Gasteiger partial charge in [0.1, 0.15) is 5.75 Å². The van der Waals surface area contributed by atoms with Crippen molar-refractivity contribution < 1.29 is 34.1 Å². The van der Waals surface area contributed by atoms with Crippen molar-refractivity contribution in [1.82, 2.24) is 0 Å². The van der Waals surface area contributed by atoms with Crippen LogP contribution in [-0.2, 0) is 22.6 Å². The van der Waals surface area contributed by atoms with Crippen LogP contribution in [0.15, 0.2) is 65.7 Å². The molecular weight excluding hydrogens is 534 g/mol. The number of methoxy groups -OCH3 is 1. The van der Waals surface area contributed by atoms with Crippen molar-refractivity contribution >= 4 is 35.3 Å². The number of carboxylic acid groups (broad SMARTS) is 2. The van der Waals surface area contributed by atoms with Gasteiger partial charge in [-0.05, 0) is 52.3 Å². The summed E-state index contributed by atoms with van der Waals surface area (Å²) in [7, 11) is 1.52. The SMILES string of the molecule is COc1ccccc1CC1C(=O)C(CC(=O)O)C(=O)c2c1cc(C(C)C)c(C(=O)O)c2C1=NCc2ccccc2C=C1. The van der Waals surface area contributed by atoms with Gasteiger partial charge >= 0.3 is 11.9 Å². The van der Waals surface area contributed by atoms with Crippen LogP contribution in [0.3, 0.4) is 0 Å². The van der Waals surface area contributed by atoms with Crippen LogP contribution in [0, 0.1) is 5.92 Å². The first-order valence-electron chi connectivity index (χ1n) is 13.8. The monoisotopic (exact) mass is 565 g/mol. The van der Waals surface area contributed by atoms with Gasteiger partial charge in [0.15, 0.2) is 11.6 Å². The Balaban J connectivity index is 1.82. The Morgan fingerprint density at radius 3 is 2.38 bits per heavy atom. The number of aliphatic carboxylic acids is 1. The Morgan fingerprint density at radius 2 is 1.69 bits per heavy atom. The van der Waals surface area contributed by atoms with Crippen LogP contribution in [-0.4, -0.2) is 46.5 Å². The minimum Gasteiger partial charge on any atom is -0.496 e. The molecule has 1 heterocycles. The quantitative estimate of drug-likeness (QED) is 0.334. The summed E-state index contributed by atoms with van der Waals surface area (Å²) in [5, 5.41) is 20.2. The molecule has 0 fully saturated rings. The summed E-state index contributed by atoms with van der Waals surface area (Å²) in [6.45, 7) is 3.97. The number of aromatic carboxylic acids is 1. The highest BCUT2D eigenvalue weighted by atomic mass is 16.5. The van der Waals surface area contributed by atoms with Gasteiger partial charge in [-0.3, -0.25) is 19.4 Å². The summed E-state index contributed by atoms with van der Waals surface area (Å²) in [5.41, 5.74) is 3.85. The van der Waals surface area contributed by atoms with Crippen molar-refractivity contribution in [3.63, 3.8) is 0 Å². The van der Waals surface area contributed by atoms with Crippen LogP contribution in [0.1, 0.15) is 86.2 Å². The Labute approximate surface area is 243 Å². The Hall–Kier alpha value is -4.85. The number of carbonyl (C=O) groups is 4. The van der Waals surface area contributed by atoms with Gasteiger partial charge in [-0.1, -0.05) is 68.5 Å². The molecule has 2 N–H and O–H groups in total. The lowest BCUT2D eigenvalue weighted by Crippen LogP contribution is -2.39. The molecule has 8 nitrogen and oxygen atoms in total. The Bertz CT molecular complexity index is 1680. The molecule has 1 aliphatic heterocycles. The molecule has 0 radical (unpaired) electrons. The van der Waals surface area contributed by atoms with Crippen molar-refractivity contribution in [3.05, 3.63) is 105 Å². The normalized spacial score (nSPS) is 17.8. The summed E-state index contributed by atoms with van der Waals surface area (Å²) in [6.07, 6.45) is 2.99. The van der Waals surface area contributed by atoms with E-state index in [1.165, 1.54) is 7.11 Å². The van der Waals surface area contributed by atoms with Crippen molar-refractivity contribution in [2.75, 3.05) is 7.11 Å². The molecule has 0 saturated heterocycles. The Morgan fingerprint density at radius 1 is 0.976 bits per heavy atom. The lowest BCUT2D eigenvalue weighted by molar-refractivity contribution is -0.140. The number of aliphatic imine (C=N–C) groups is 1. The lowest BCUT2D eigenvalue weighted by Gasteiger charge is -2.33. The first-order valence-corrected chi connectivity index (χ1v) is 13.8. The van der Waals surface area contributed by atoms with E-state index in [1.54, 1.807) is 24.3 Å². The maximum atomic E-state index is 14.1. The molecule has 2 atom stereocenters. The van der Waals surface area contributed by atoms with Crippen LogP contribution >= 0.6 is 0 Å². The van der Waals surface area contributed by atoms with Crippen LogP contribution in [0.2, 0.25) is 0 Å². The molecule has 214 valence electrons. The molecule has 2 aliphatic rings. The predicted molar refractivity (Wildman–Crippen MR) is 158 cm³/mol. The van der Waals surface area contributed by atoms with E-state index in [4.69, 9.17) is 9.73 Å². The molecule has 0 spiro atoms. The van der Waals surface area contributed by atoms with Crippen LogP contribution in [0.25, 0.3) is 6.08 Å². The summed E-state index contributed by atoms with van der Waals surface area (Å²) in [5.74, 6) is -5.79. The van der Waals surface area contributed by atoms with E-state index in [0.717, 1.165) is 11.1 Å². The van der Waals surface area contributed by atoms with Gasteiger partial charge < -0.3 is 14.9 Å². The average Bonchev–Trinajstić information content (AvgIpc) is 3.19. The second-order valence-corrected chi connectivity index (χ2v) is 10.9. The number of nitrogens with zero attached hydrogens (tertiary/aromatic N) is 1. The van der Waals surface area contributed by atoms with Gasteiger partial charge in [0.2, 0.25) is 0 Å². The number of allylic oxidation sites excluding steroid dienone is 1. The van der Waals surface area contributed by atoms with E-state index in [1.807, 2.05) is 56.3 Å². The van der Waals surface area contributed by atoms with Gasteiger partial charge in [0.25, 0.3) is 0 Å². The summed E-state index contributed by atoms with van der Waals surface area (Å²) < 4.78 is 5.52. The summed E-state index contributed by atoms with van der Waals surface area (Å²) in [4.78, 5) is 57.6. The van der Waals surface area contributed by atoms with Gasteiger partial charge in [0.05, 0.1) is 37.3 Å². The van der Waals surface area contributed by atoms with Crippen molar-refractivity contribution in [1.29, 1.82) is 0 Å². The standard InChI is InChI=1S/C34H31NO7/c1-18(2)22-15-23-24(14-20-9-6-7-11-27(20)42-3)32(38)25(16-28(36)37)33(39)29(23)31(30(22)34(40)41)26-13-12-19-8-4-5-10-21(19)17-35-26/h4-13,15,18,24-25H,14,16-17H2,1-3H3,(H,36,37)(H,40,41). The second kappa shape index (κ2) is 11.6. The average molecular weight is 566 g/mol. The molecule has 5 rings (SSSR count). The Kier molecular flexibility index (Phi) is 7.89. The number of Topliss-reactive ketones (excluding diaryl/α,β-unsaturated/α-hetero) is 2. The molecule has 0 bridgehead atoms. The number of benzene rings is 3. The van der Waals surface area contributed by atoms with Gasteiger partial charge in [-0.2, -0.15) is 0 Å². The second-order valence-electron chi connectivity index (χ2n) is 10.9. The molecule has 0 aromatic heterocycles. The molecule has 8 heteroatoms. The van der Waals surface area contributed by atoms with E-state index >= 15 is 0 Å². The van der Waals surface area contributed by atoms with Crippen molar-refractivity contribution in [2.45, 2.75) is 45.1 Å². The number of rotatable bonds is 8. The fourth-order valence-corrected chi connectivity index (χ4v) is 5.97. The van der Waals surface area contributed by atoms with Gasteiger partial charge in [-0.15, -0.1) is 0 Å². The predicted octanol–water partition coefficient (Wildman–Crippen LogP) is 5.72. The lowest BCUT2D eigenvalue weighted by atomic mass is 9.68. The third-order valence-corrected chi connectivity index (χ3v) is 8.00. The van der Waals surface area contributed by atoms with Gasteiger partial charge in [0, 0.05) is 17.0 Å². The smallest absolute Gasteiger partial charge is 0.336 e.